The summed E-state index contributed by atoms with van der Waals surface area (Å²) in [5, 5.41) is 9.33. The van der Waals surface area contributed by atoms with Crippen LogP contribution in [0.15, 0.2) is 35.9 Å². The standard InChI is InChI=1S/C16H19ClO/c1-2-16(18)14-12-10-8-6-4-3-5-7-9-11-13-15-17/h6,8-9,11,13,15-16,18H,2,10,12,14H2,1H3/b8-6-,11-9+,15-13+/t16-/m0/s1. The molecule has 2 heteroatoms. The fourth-order valence-corrected chi connectivity index (χ4v) is 1.20. The van der Waals surface area contributed by atoms with Crippen LogP contribution < -0.4 is 0 Å². The van der Waals surface area contributed by atoms with Crippen LogP contribution in [0.5, 0.6) is 0 Å². The first kappa shape index (κ1) is 16.6. The van der Waals surface area contributed by atoms with Crippen molar-refractivity contribution in [2.24, 2.45) is 0 Å². The summed E-state index contributed by atoms with van der Waals surface area (Å²) in [5.74, 6) is 11.0. The SMILES string of the molecule is CC[C@H](O)CCC/C=C\C#CC#C/C=C/C=C/Cl. The van der Waals surface area contributed by atoms with E-state index in [2.05, 4.69) is 23.7 Å². The molecular weight excluding hydrogens is 244 g/mol. The minimum Gasteiger partial charge on any atom is -0.393 e. The van der Waals surface area contributed by atoms with Crippen LogP contribution in [0.2, 0.25) is 0 Å². The lowest BCUT2D eigenvalue weighted by atomic mass is 10.1. The highest BCUT2D eigenvalue weighted by Crippen LogP contribution is 2.03. The lowest BCUT2D eigenvalue weighted by Crippen LogP contribution is -2.02. The number of rotatable bonds is 6. The minimum absolute atomic E-state index is 0.163. The van der Waals surface area contributed by atoms with Gasteiger partial charge < -0.3 is 5.11 Å². The van der Waals surface area contributed by atoms with Gasteiger partial charge in [-0.05, 0) is 49.7 Å². The normalized spacial score (nSPS) is 12.4. The zero-order valence-corrected chi connectivity index (χ0v) is 11.5. The summed E-state index contributed by atoms with van der Waals surface area (Å²) in [5.41, 5.74) is 1.42. The molecule has 96 valence electrons. The molecule has 1 N–H and O–H groups in total. The van der Waals surface area contributed by atoms with E-state index in [1.54, 1.807) is 24.3 Å². The van der Waals surface area contributed by atoms with Crippen molar-refractivity contribution in [3.63, 3.8) is 0 Å². The zero-order chi connectivity index (χ0) is 13.5. The van der Waals surface area contributed by atoms with Gasteiger partial charge in [-0.3, -0.25) is 0 Å². The van der Waals surface area contributed by atoms with Gasteiger partial charge in [0.15, 0.2) is 0 Å². The summed E-state index contributed by atoms with van der Waals surface area (Å²) in [6.07, 6.45) is 12.4. The average Bonchev–Trinajstić information content (AvgIpc) is 2.39. The topological polar surface area (TPSA) is 20.2 Å². The summed E-state index contributed by atoms with van der Waals surface area (Å²) in [6.45, 7) is 1.99. The molecule has 0 heterocycles. The molecule has 0 amide bonds. The molecule has 0 radical (unpaired) electrons. The maximum absolute atomic E-state index is 9.33. The van der Waals surface area contributed by atoms with Gasteiger partial charge in [0, 0.05) is 5.54 Å². The Balaban J connectivity index is 3.70. The van der Waals surface area contributed by atoms with E-state index in [-0.39, 0.29) is 6.10 Å². The van der Waals surface area contributed by atoms with Gasteiger partial charge in [-0.1, -0.05) is 48.6 Å². The Morgan fingerprint density at radius 3 is 2.56 bits per heavy atom. The average molecular weight is 263 g/mol. The Morgan fingerprint density at radius 2 is 1.89 bits per heavy atom. The predicted octanol–water partition coefficient (Wildman–Crippen LogP) is 3.80. The van der Waals surface area contributed by atoms with Gasteiger partial charge in [-0.2, -0.15) is 0 Å². The molecule has 0 aliphatic heterocycles. The third kappa shape index (κ3) is 12.7. The molecule has 18 heavy (non-hydrogen) atoms. The fourth-order valence-electron chi connectivity index (χ4n) is 1.12. The first-order valence-corrected chi connectivity index (χ1v) is 6.51. The van der Waals surface area contributed by atoms with Gasteiger partial charge in [0.05, 0.1) is 6.10 Å². The summed E-state index contributed by atoms with van der Waals surface area (Å²) in [4.78, 5) is 0. The van der Waals surface area contributed by atoms with Gasteiger partial charge in [-0.15, -0.1) is 0 Å². The largest absolute Gasteiger partial charge is 0.393 e. The van der Waals surface area contributed by atoms with Gasteiger partial charge in [0.25, 0.3) is 0 Å². The molecule has 0 aliphatic carbocycles. The van der Waals surface area contributed by atoms with Crippen LogP contribution in [0.3, 0.4) is 0 Å². The van der Waals surface area contributed by atoms with E-state index in [1.165, 1.54) is 5.54 Å². The number of unbranched alkanes of at least 4 members (excludes halogenated alkanes) is 1. The molecule has 0 spiro atoms. The number of allylic oxidation sites excluding steroid dienone is 5. The molecular formula is C16H19ClO. The molecule has 1 nitrogen and oxygen atoms in total. The van der Waals surface area contributed by atoms with Crippen molar-refractivity contribution in [3.8, 4) is 23.7 Å². The van der Waals surface area contributed by atoms with Crippen LogP contribution in [0.25, 0.3) is 0 Å². The number of halogens is 1. The van der Waals surface area contributed by atoms with Gasteiger partial charge in [-0.25, -0.2) is 0 Å². The Morgan fingerprint density at radius 1 is 1.17 bits per heavy atom. The molecule has 0 rings (SSSR count). The van der Waals surface area contributed by atoms with Gasteiger partial charge in [0.2, 0.25) is 0 Å². The molecule has 0 aromatic carbocycles. The second-order valence-corrected chi connectivity index (χ2v) is 3.86. The fraction of sp³-hybridized carbons (Fsp3) is 0.375. The molecule has 1 atom stereocenters. The monoisotopic (exact) mass is 262 g/mol. The van der Waals surface area contributed by atoms with Crippen molar-refractivity contribution >= 4 is 11.6 Å². The highest BCUT2D eigenvalue weighted by molar-refractivity contribution is 6.25. The summed E-state index contributed by atoms with van der Waals surface area (Å²) in [6, 6.07) is 0. The smallest absolute Gasteiger partial charge is 0.0537 e. The van der Waals surface area contributed by atoms with E-state index in [9.17, 15) is 5.11 Å². The predicted molar refractivity (Wildman–Crippen MR) is 79.0 cm³/mol. The van der Waals surface area contributed by atoms with Crippen LogP contribution in [0.4, 0.5) is 0 Å². The number of hydrogen-bond donors (Lipinski definition) is 1. The third-order valence-electron chi connectivity index (χ3n) is 2.15. The maximum atomic E-state index is 9.33. The van der Waals surface area contributed by atoms with E-state index in [1.807, 2.05) is 13.0 Å². The molecule has 0 fully saturated rings. The van der Waals surface area contributed by atoms with Crippen molar-refractivity contribution < 1.29 is 5.11 Å². The van der Waals surface area contributed by atoms with E-state index >= 15 is 0 Å². The van der Waals surface area contributed by atoms with Crippen molar-refractivity contribution in [1.82, 2.24) is 0 Å². The summed E-state index contributed by atoms with van der Waals surface area (Å²) >= 11 is 5.32. The molecule has 0 unspecified atom stereocenters. The second kappa shape index (κ2) is 13.7. The van der Waals surface area contributed by atoms with E-state index < -0.39 is 0 Å². The third-order valence-corrected chi connectivity index (χ3v) is 2.30. The number of hydrogen-bond acceptors (Lipinski definition) is 1. The maximum Gasteiger partial charge on any atom is 0.0537 e. The lowest BCUT2D eigenvalue weighted by Gasteiger charge is -2.04. The molecule has 0 saturated carbocycles. The van der Waals surface area contributed by atoms with E-state index in [4.69, 9.17) is 11.6 Å². The molecule has 0 aliphatic rings. The van der Waals surface area contributed by atoms with E-state index in [0.717, 1.165) is 25.7 Å². The van der Waals surface area contributed by atoms with Crippen molar-refractivity contribution in [3.05, 3.63) is 35.9 Å². The summed E-state index contributed by atoms with van der Waals surface area (Å²) in [7, 11) is 0. The van der Waals surface area contributed by atoms with Gasteiger partial charge in [0.1, 0.15) is 0 Å². The minimum atomic E-state index is -0.163. The highest BCUT2D eigenvalue weighted by atomic mass is 35.5. The second-order valence-electron chi connectivity index (χ2n) is 3.61. The lowest BCUT2D eigenvalue weighted by molar-refractivity contribution is 0.158. The van der Waals surface area contributed by atoms with Crippen molar-refractivity contribution in [2.45, 2.75) is 38.7 Å². The highest BCUT2D eigenvalue weighted by Gasteiger charge is 1.97. The summed E-state index contributed by atoms with van der Waals surface area (Å²) < 4.78 is 0. The van der Waals surface area contributed by atoms with Gasteiger partial charge >= 0.3 is 0 Å². The van der Waals surface area contributed by atoms with Crippen LogP contribution in [-0.2, 0) is 0 Å². The van der Waals surface area contributed by atoms with Crippen molar-refractivity contribution in [1.29, 1.82) is 0 Å². The van der Waals surface area contributed by atoms with Crippen LogP contribution in [0.1, 0.15) is 32.6 Å². The molecule has 0 bridgehead atoms. The Kier molecular flexibility index (Phi) is 12.6. The zero-order valence-electron chi connectivity index (χ0n) is 10.7. The number of aliphatic hydroxyl groups is 1. The Hall–Kier alpha value is -1.41. The van der Waals surface area contributed by atoms with Crippen molar-refractivity contribution in [2.75, 3.05) is 0 Å². The van der Waals surface area contributed by atoms with Crippen LogP contribution in [0, 0.1) is 23.7 Å². The first-order chi connectivity index (χ1) is 8.81. The van der Waals surface area contributed by atoms with E-state index in [0.29, 0.717) is 0 Å². The van der Waals surface area contributed by atoms with Crippen LogP contribution >= 0.6 is 11.6 Å². The Bertz CT molecular complexity index is 396. The Labute approximate surface area is 115 Å². The van der Waals surface area contributed by atoms with Crippen LogP contribution in [-0.4, -0.2) is 11.2 Å². The first-order valence-electron chi connectivity index (χ1n) is 6.07. The molecule has 0 saturated heterocycles. The quantitative estimate of drug-likeness (QED) is 0.439. The molecule has 0 aromatic rings. The molecule has 0 aromatic heterocycles. The number of aliphatic hydroxyl groups excluding tert-OH is 1.